The van der Waals surface area contributed by atoms with E-state index in [0.717, 1.165) is 16.5 Å². The molecule has 1 saturated heterocycles. The number of fused-ring (bicyclic) bond motifs is 2. The molecule has 8 nitrogen and oxygen atoms in total. The molecule has 1 aliphatic heterocycles. The van der Waals surface area contributed by atoms with Crippen molar-refractivity contribution in [2.24, 2.45) is 0 Å². The quantitative estimate of drug-likeness (QED) is 0.183. The average Bonchev–Trinajstić information content (AvgIpc) is 3.49. The Morgan fingerprint density at radius 2 is 1.69 bits per heavy atom. The van der Waals surface area contributed by atoms with Gasteiger partial charge in [-0.2, -0.15) is 0 Å². The number of benzene rings is 4. The van der Waals surface area contributed by atoms with Crippen LogP contribution in [-0.4, -0.2) is 48.0 Å². The van der Waals surface area contributed by atoms with Gasteiger partial charge >= 0.3 is 5.91 Å². The van der Waals surface area contributed by atoms with Crippen LogP contribution in [-0.2, 0) is 9.59 Å². The summed E-state index contributed by atoms with van der Waals surface area (Å²) in [6.45, 7) is 0. The summed E-state index contributed by atoms with van der Waals surface area (Å²) in [5.41, 5.74) is 3.36. The Balaban J connectivity index is 1.55. The number of ether oxygens (including phenoxy) is 1. The molecule has 0 bridgehead atoms. The Kier molecular flexibility index (Phi) is 5.80. The standard InChI is InChI=1S/C31H26N4O4/c1-34(2)22-12-10-19(11-13-22)27-26(28(36)21-9-8-18-6-4-5-7-20(18)16-21)29(37)30(38)35(27)31-32-24-15-14-23(39-3)17-25(24)33-31/h4-17,27,36H,1-3H3,(H,32,33)/b28-26+. The lowest BCUT2D eigenvalue weighted by atomic mass is 9.94. The zero-order chi connectivity index (χ0) is 27.3. The molecule has 2 heterocycles. The second kappa shape index (κ2) is 9.33. The predicted octanol–water partition coefficient (Wildman–Crippen LogP) is 5.42. The minimum absolute atomic E-state index is 0.00548. The minimum Gasteiger partial charge on any atom is -0.507 e. The molecule has 1 aliphatic rings. The van der Waals surface area contributed by atoms with E-state index in [2.05, 4.69) is 9.97 Å². The SMILES string of the molecule is COc1ccc2nc(N3C(=O)C(=O)/C(=C(/O)c4ccc5ccccc5c4)C3c3ccc(N(C)C)cc3)[nH]c2c1. The van der Waals surface area contributed by atoms with Crippen molar-refractivity contribution in [3.8, 4) is 5.75 Å². The Bertz CT molecular complexity index is 1790. The number of amides is 1. The fraction of sp³-hybridized carbons (Fsp3) is 0.129. The Morgan fingerprint density at radius 1 is 0.949 bits per heavy atom. The molecule has 4 aromatic carbocycles. The van der Waals surface area contributed by atoms with Crippen molar-refractivity contribution in [1.29, 1.82) is 0 Å². The van der Waals surface area contributed by atoms with Crippen LogP contribution in [0.3, 0.4) is 0 Å². The maximum Gasteiger partial charge on any atom is 0.302 e. The Morgan fingerprint density at radius 3 is 2.41 bits per heavy atom. The van der Waals surface area contributed by atoms with Gasteiger partial charge in [0.05, 0.1) is 29.8 Å². The first-order valence-electron chi connectivity index (χ1n) is 12.5. The minimum atomic E-state index is -0.893. The molecule has 8 heteroatoms. The largest absolute Gasteiger partial charge is 0.507 e. The van der Waals surface area contributed by atoms with Crippen LogP contribution >= 0.6 is 0 Å². The molecular formula is C31H26N4O4. The second-order valence-corrected chi connectivity index (χ2v) is 9.66. The molecule has 0 radical (unpaired) electrons. The number of ketones is 1. The van der Waals surface area contributed by atoms with Gasteiger partial charge in [0.15, 0.2) is 0 Å². The number of aliphatic hydroxyl groups excluding tert-OH is 1. The Labute approximate surface area is 224 Å². The van der Waals surface area contributed by atoms with Gasteiger partial charge in [-0.1, -0.05) is 48.5 Å². The van der Waals surface area contributed by atoms with Crippen molar-refractivity contribution in [1.82, 2.24) is 9.97 Å². The number of anilines is 2. The van der Waals surface area contributed by atoms with E-state index in [0.29, 0.717) is 27.9 Å². The number of nitrogens with one attached hydrogen (secondary N) is 1. The summed E-state index contributed by atoms with van der Waals surface area (Å²) in [5.74, 6) is -0.946. The van der Waals surface area contributed by atoms with Crippen LogP contribution in [0.4, 0.5) is 11.6 Å². The zero-order valence-corrected chi connectivity index (χ0v) is 21.7. The van der Waals surface area contributed by atoms with Crippen LogP contribution in [0.2, 0.25) is 0 Å². The first kappa shape index (κ1) is 24.2. The molecule has 194 valence electrons. The smallest absolute Gasteiger partial charge is 0.302 e. The van der Waals surface area contributed by atoms with Gasteiger partial charge in [-0.05, 0) is 46.7 Å². The van der Waals surface area contributed by atoms with Crippen molar-refractivity contribution in [2.75, 3.05) is 31.0 Å². The lowest BCUT2D eigenvalue weighted by molar-refractivity contribution is -0.132. The molecule has 1 atom stereocenters. The second-order valence-electron chi connectivity index (χ2n) is 9.66. The van der Waals surface area contributed by atoms with Crippen molar-refractivity contribution >= 4 is 50.9 Å². The summed E-state index contributed by atoms with van der Waals surface area (Å²) in [5, 5.41) is 13.5. The van der Waals surface area contributed by atoms with Crippen LogP contribution in [0.1, 0.15) is 17.2 Å². The number of imidazole rings is 1. The van der Waals surface area contributed by atoms with Crippen molar-refractivity contribution < 1.29 is 19.4 Å². The number of hydrogen-bond donors (Lipinski definition) is 2. The lowest BCUT2D eigenvalue weighted by Crippen LogP contribution is -2.30. The van der Waals surface area contributed by atoms with Crippen LogP contribution in [0, 0.1) is 0 Å². The number of Topliss-reactive ketones (excluding diaryl/α,β-unsaturated/α-hetero) is 1. The maximum absolute atomic E-state index is 13.6. The summed E-state index contributed by atoms with van der Waals surface area (Å²) < 4.78 is 5.32. The summed E-state index contributed by atoms with van der Waals surface area (Å²) in [7, 11) is 5.44. The van der Waals surface area contributed by atoms with E-state index in [1.165, 1.54) is 4.90 Å². The number of H-pyrrole nitrogens is 1. The van der Waals surface area contributed by atoms with Gasteiger partial charge in [0.25, 0.3) is 5.78 Å². The molecule has 1 aromatic heterocycles. The fourth-order valence-corrected chi connectivity index (χ4v) is 5.03. The number of rotatable bonds is 5. The molecule has 2 N–H and O–H groups in total. The molecule has 1 fully saturated rings. The van der Waals surface area contributed by atoms with Gasteiger partial charge in [0, 0.05) is 31.4 Å². The van der Waals surface area contributed by atoms with E-state index >= 15 is 0 Å². The number of nitrogens with zero attached hydrogens (tertiary/aromatic N) is 3. The highest BCUT2D eigenvalue weighted by Gasteiger charge is 2.48. The summed E-state index contributed by atoms with van der Waals surface area (Å²) in [4.78, 5) is 38.2. The number of aliphatic hydroxyl groups is 1. The Hall–Kier alpha value is -5.11. The van der Waals surface area contributed by atoms with Crippen LogP contribution in [0.15, 0.2) is 90.5 Å². The van der Waals surface area contributed by atoms with E-state index in [1.807, 2.05) is 79.7 Å². The third kappa shape index (κ3) is 4.06. The highest BCUT2D eigenvalue weighted by Crippen LogP contribution is 2.42. The number of hydrogen-bond acceptors (Lipinski definition) is 6. The van der Waals surface area contributed by atoms with E-state index in [-0.39, 0.29) is 17.3 Å². The fourth-order valence-electron chi connectivity index (χ4n) is 5.03. The molecule has 0 spiro atoms. The number of carbonyl (C=O) groups excluding carboxylic acids is 2. The summed E-state index contributed by atoms with van der Waals surface area (Å²) in [6, 6.07) is 25.2. The highest BCUT2D eigenvalue weighted by molar-refractivity contribution is 6.51. The van der Waals surface area contributed by atoms with E-state index < -0.39 is 17.7 Å². The van der Waals surface area contributed by atoms with Crippen molar-refractivity contribution in [3.63, 3.8) is 0 Å². The maximum atomic E-state index is 13.6. The highest BCUT2D eigenvalue weighted by atomic mass is 16.5. The van der Waals surface area contributed by atoms with E-state index in [9.17, 15) is 14.7 Å². The van der Waals surface area contributed by atoms with Gasteiger partial charge in [-0.3, -0.25) is 14.5 Å². The van der Waals surface area contributed by atoms with Crippen LogP contribution in [0.5, 0.6) is 5.75 Å². The van der Waals surface area contributed by atoms with Crippen molar-refractivity contribution in [2.45, 2.75) is 6.04 Å². The third-order valence-electron chi connectivity index (χ3n) is 7.10. The van der Waals surface area contributed by atoms with Crippen LogP contribution in [0.25, 0.3) is 27.6 Å². The molecule has 6 rings (SSSR count). The van der Waals surface area contributed by atoms with Crippen LogP contribution < -0.4 is 14.5 Å². The number of aromatic amines is 1. The van der Waals surface area contributed by atoms with Gasteiger partial charge < -0.3 is 19.7 Å². The zero-order valence-electron chi connectivity index (χ0n) is 21.7. The normalized spacial score (nSPS) is 16.8. The predicted molar refractivity (Wildman–Crippen MR) is 152 cm³/mol. The van der Waals surface area contributed by atoms with E-state index in [4.69, 9.17) is 4.74 Å². The molecular weight excluding hydrogens is 492 g/mol. The molecule has 0 saturated carbocycles. The lowest BCUT2D eigenvalue weighted by Gasteiger charge is -2.24. The number of methoxy groups -OCH3 is 1. The van der Waals surface area contributed by atoms with Gasteiger partial charge in [0.2, 0.25) is 5.95 Å². The third-order valence-corrected chi connectivity index (χ3v) is 7.10. The molecule has 1 unspecified atom stereocenters. The molecule has 5 aromatic rings. The molecule has 39 heavy (non-hydrogen) atoms. The van der Waals surface area contributed by atoms with Gasteiger partial charge in [-0.15, -0.1) is 0 Å². The van der Waals surface area contributed by atoms with Gasteiger partial charge in [0.1, 0.15) is 11.5 Å². The first-order chi connectivity index (χ1) is 18.9. The first-order valence-corrected chi connectivity index (χ1v) is 12.5. The summed E-state index contributed by atoms with van der Waals surface area (Å²) in [6.07, 6.45) is 0. The van der Waals surface area contributed by atoms with Gasteiger partial charge in [-0.25, -0.2) is 4.98 Å². The summed E-state index contributed by atoms with van der Waals surface area (Å²) >= 11 is 0. The molecule has 1 amide bonds. The van der Waals surface area contributed by atoms with E-state index in [1.54, 1.807) is 31.4 Å². The average molecular weight is 519 g/mol. The topological polar surface area (TPSA) is 98.8 Å². The molecule has 0 aliphatic carbocycles. The van der Waals surface area contributed by atoms with Crippen molar-refractivity contribution in [3.05, 3.63) is 102 Å². The monoisotopic (exact) mass is 518 g/mol. The number of aromatic nitrogens is 2. The number of carbonyl (C=O) groups is 2.